The molecule has 5 nitrogen and oxygen atoms in total. The molecule has 1 aromatic rings. The van der Waals surface area contributed by atoms with Gasteiger partial charge in [0.25, 0.3) is 10.0 Å². The van der Waals surface area contributed by atoms with Crippen LogP contribution in [-0.4, -0.2) is 46.5 Å². The van der Waals surface area contributed by atoms with Gasteiger partial charge in [-0.25, -0.2) is 0 Å². The van der Waals surface area contributed by atoms with E-state index in [1.54, 1.807) is 12.1 Å². The molecule has 0 saturated carbocycles. The molecule has 0 fully saturated rings. The summed E-state index contributed by atoms with van der Waals surface area (Å²) >= 11 is 0. The van der Waals surface area contributed by atoms with Crippen LogP contribution in [0.3, 0.4) is 0 Å². The van der Waals surface area contributed by atoms with E-state index < -0.39 is 15.9 Å². The Balaban J connectivity index is 0.000000357. The summed E-state index contributed by atoms with van der Waals surface area (Å²) in [4.78, 5) is 0.00926. The van der Waals surface area contributed by atoms with Gasteiger partial charge in [0.2, 0.25) is 0 Å². The number of nitrogens with zero attached hydrogens (tertiary/aromatic N) is 2. The van der Waals surface area contributed by atoms with Gasteiger partial charge in [0.05, 0.1) is 32.6 Å². The third-order valence-corrected chi connectivity index (χ3v) is 7.10. The van der Waals surface area contributed by atoms with Crippen molar-refractivity contribution in [3.8, 4) is 0 Å². The Kier molecular flexibility index (Phi) is 13.8. The molecule has 0 spiro atoms. The summed E-state index contributed by atoms with van der Waals surface area (Å²) in [7, 11) is 3.20. The number of fused-ring (bicyclic) bond motifs is 1. The molecular weight excluding hydrogens is 420 g/mol. The zero-order valence-corrected chi connectivity index (χ0v) is 21.8. The maximum atomic E-state index is 11.1. The van der Waals surface area contributed by atoms with E-state index in [2.05, 4.69) is 32.5 Å². The smallest absolute Gasteiger partial charge is 0.282 e. The van der Waals surface area contributed by atoms with Gasteiger partial charge in [-0.1, -0.05) is 102 Å². The molecule has 0 bridgehead atoms. The van der Waals surface area contributed by atoms with Crippen LogP contribution in [-0.2, 0) is 10.0 Å². The van der Waals surface area contributed by atoms with Gasteiger partial charge in [0, 0.05) is 11.5 Å². The number of benzene rings is 1. The van der Waals surface area contributed by atoms with E-state index in [1.165, 1.54) is 109 Å². The van der Waals surface area contributed by atoms with Crippen LogP contribution in [0.1, 0.15) is 102 Å². The lowest BCUT2D eigenvalue weighted by molar-refractivity contribution is -0.870. The minimum absolute atomic E-state index is 0.00926. The standard InChI is InChI=1S/C19H42N.C7H5NO3S/c1-5-6-7-8-9-10-11-12-13-14-15-16-17-18-19-20(2,3)4;9-7-5-3-1-2-4-6(5)12(10,11)8-7/h5-19H2,1-4H3;1-4H,(H,8,9)/q+1;/p-1. The average Bonchev–Trinajstić information content (AvgIpc) is 2.97. The molecular formula is C26H46N2O3S. The molecule has 184 valence electrons. The van der Waals surface area contributed by atoms with E-state index in [9.17, 15) is 13.5 Å². The Morgan fingerprint density at radius 2 is 1.19 bits per heavy atom. The largest absolute Gasteiger partial charge is 0.858 e. The maximum absolute atomic E-state index is 11.1. The second-order valence-electron chi connectivity index (χ2n) is 9.98. The summed E-state index contributed by atoms with van der Waals surface area (Å²) in [6.07, 6.45) is 20.4. The molecule has 32 heavy (non-hydrogen) atoms. The summed E-state index contributed by atoms with van der Waals surface area (Å²) in [5.41, 5.74) is 0.164. The van der Waals surface area contributed by atoms with Gasteiger partial charge in [-0.15, -0.1) is 0 Å². The van der Waals surface area contributed by atoms with Crippen molar-refractivity contribution >= 4 is 15.9 Å². The van der Waals surface area contributed by atoms with Crippen LogP contribution in [0.5, 0.6) is 0 Å². The molecule has 0 amide bonds. The molecule has 1 aliphatic heterocycles. The van der Waals surface area contributed by atoms with Crippen LogP contribution in [0.15, 0.2) is 33.6 Å². The molecule has 0 unspecified atom stereocenters. The van der Waals surface area contributed by atoms with E-state index in [4.69, 9.17) is 0 Å². The van der Waals surface area contributed by atoms with Crippen LogP contribution >= 0.6 is 0 Å². The first-order valence-electron chi connectivity index (χ1n) is 12.6. The molecule has 0 radical (unpaired) electrons. The van der Waals surface area contributed by atoms with Gasteiger partial charge in [-0.3, -0.25) is 0 Å². The Morgan fingerprint density at radius 3 is 1.62 bits per heavy atom. The molecule has 0 N–H and O–H groups in total. The third kappa shape index (κ3) is 12.6. The first-order valence-corrected chi connectivity index (χ1v) is 14.0. The molecule has 6 heteroatoms. The van der Waals surface area contributed by atoms with Gasteiger partial charge >= 0.3 is 0 Å². The lowest BCUT2D eigenvalue weighted by Crippen LogP contribution is -2.35. The van der Waals surface area contributed by atoms with Gasteiger partial charge in [-0.2, -0.15) is 12.8 Å². The highest BCUT2D eigenvalue weighted by molar-refractivity contribution is 7.90. The maximum Gasteiger partial charge on any atom is 0.282 e. The normalized spacial score (nSPS) is 14.4. The Hall–Kier alpha value is -1.40. The Bertz CT molecular complexity index is 768. The highest BCUT2D eigenvalue weighted by atomic mass is 32.2. The first kappa shape index (κ1) is 28.6. The van der Waals surface area contributed by atoms with E-state index in [1.807, 2.05) is 0 Å². The van der Waals surface area contributed by atoms with Crippen LogP contribution in [0.2, 0.25) is 0 Å². The van der Waals surface area contributed by atoms with Crippen LogP contribution in [0.4, 0.5) is 0 Å². The van der Waals surface area contributed by atoms with E-state index in [0.29, 0.717) is 0 Å². The molecule has 1 heterocycles. The minimum Gasteiger partial charge on any atom is -0.858 e. The van der Waals surface area contributed by atoms with Crippen LogP contribution in [0.25, 0.3) is 0 Å². The van der Waals surface area contributed by atoms with Crippen molar-refractivity contribution in [2.45, 2.75) is 102 Å². The molecule has 2 rings (SSSR count). The first-order chi connectivity index (χ1) is 15.2. The molecule has 0 atom stereocenters. The van der Waals surface area contributed by atoms with Crippen molar-refractivity contribution in [1.82, 2.24) is 0 Å². The molecule has 1 aromatic carbocycles. The van der Waals surface area contributed by atoms with Crippen LogP contribution in [0, 0.1) is 0 Å². The number of sulfonamides is 1. The zero-order valence-electron chi connectivity index (χ0n) is 20.9. The zero-order chi connectivity index (χ0) is 23.9. The fourth-order valence-electron chi connectivity index (χ4n) is 3.86. The van der Waals surface area contributed by atoms with Gasteiger partial charge in [0.15, 0.2) is 0 Å². The van der Waals surface area contributed by atoms with Crippen molar-refractivity contribution in [3.63, 3.8) is 0 Å². The summed E-state index contributed by atoms with van der Waals surface area (Å²) in [5, 5.41) is 10.9. The predicted molar refractivity (Wildman–Crippen MR) is 133 cm³/mol. The minimum atomic E-state index is -3.68. The highest BCUT2D eigenvalue weighted by Crippen LogP contribution is 2.23. The van der Waals surface area contributed by atoms with Crippen molar-refractivity contribution in [2.75, 3.05) is 27.7 Å². The number of rotatable bonds is 15. The lowest BCUT2D eigenvalue weighted by Gasteiger charge is -2.23. The topological polar surface area (TPSA) is 69.6 Å². The molecule has 0 aliphatic carbocycles. The Morgan fingerprint density at radius 1 is 0.750 bits per heavy atom. The molecule has 0 aromatic heterocycles. The van der Waals surface area contributed by atoms with Gasteiger partial charge in [-0.05, 0) is 18.9 Å². The molecule has 0 saturated heterocycles. The van der Waals surface area contributed by atoms with Crippen molar-refractivity contribution in [1.29, 1.82) is 0 Å². The summed E-state index contributed by atoms with van der Waals surface area (Å²) in [6, 6.07) is 5.99. The summed E-state index contributed by atoms with van der Waals surface area (Å²) in [5.74, 6) is -0.675. The quantitative estimate of drug-likeness (QED) is 0.247. The van der Waals surface area contributed by atoms with Crippen molar-refractivity contribution < 1.29 is 18.0 Å². The number of hydrogen-bond acceptors (Lipinski definition) is 3. The van der Waals surface area contributed by atoms with Crippen LogP contribution < -0.4 is 5.11 Å². The van der Waals surface area contributed by atoms with Crippen molar-refractivity contribution in [3.05, 3.63) is 29.8 Å². The lowest BCUT2D eigenvalue weighted by atomic mass is 10.0. The van der Waals surface area contributed by atoms with E-state index >= 15 is 0 Å². The second-order valence-corrected chi connectivity index (χ2v) is 11.6. The fourth-order valence-corrected chi connectivity index (χ4v) is 4.96. The highest BCUT2D eigenvalue weighted by Gasteiger charge is 2.22. The number of quaternary nitrogens is 1. The van der Waals surface area contributed by atoms with Crippen molar-refractivity contribution in [2.24, 2.45) is 4.40 Å². The average molecular weight is 467 g/mol. The molecule has 1 aliphatic rings. The predicted octanol–water partition coefficient (Wildman–Crippen LogP) is 5.67. The van der Waals surface area contributed by atoms with Gasteiger partial charge in [0.1, 0.15) is 0 Å². The van der Waals surface area contributed by atoms with Gasteiger partial charge < -0.3 is 9.59 Å². The monoisotopic (exact) mass is 466 g/mol. The van der Waals surface area contributed by atoms with E-state index in [0.717, 1.165) is 4.48 Å². The summed E-state index contributed by atoms with van der Waals surface area (Å²) < 4.78 is 26.3. The second kappa shape index (κ2) is 15.4. The van der Waals surface area contributed by atoms with E-state index in [-0.39, 0.29) is 10.5 Å². The fraction of sp³-hybridized carbons (Fsp3) is 0.731. The number of hydrogen-bond donors (Lipinski definition) is 0. The summed E-state index contributed by atoms with van der Waals surface area (Å²) in [6.45, 7) is 3.63. The SMILES string of the molecule is CCCCCCCCCCCCCCCC[N+](C)(C)C.O=S1(=O)N=C([O-])c2ccccc21. The third-order valence-electron chi connectivity index (χ3n) is 5.78. The Labute approximate surface area is 197 Å². The number of unbranched alkanes of at least 4 members (excludes halogenated alkanes) is 13.